The molecule has 0 aliphatic heterocycles. The van der Waals surface area contributed by atoms with Gasteiger partial charge in [-0.1, -0.05) is 31.4 Å². The van der Waals surface area contributed by atoms with E-state index in [0.717, 1.165) is 25.7 Å². The van der Waals surface area contributed by atoms with Crippen molar-refractivity contribution in [3.8, 4) is 0 Å². The second-order valence-corrected chi connectivity index (χ2v) is 5.98. The summed E-state index contributed by atoms with van der Waals surface area (Å²) in [5, 5.41) is 24.1. The van der Waals surface area contributed by atoms with Crippen molar-refractivity contribution < 1.29 is 10.0 Å². The van der Waals surface area contributed by atoms with Crippen molar-refractivity contribution in [2.75, 3.05) is 11.9 Å². The molecule has 0 spiro atoms. The lowest BCUT2D eigenvalue weighted by Gasteiger charge is -2.39. The third-order valence-corrected chi connectivity index (χ3v) is 4.02. The highest BCUT2D eigenvalue weighted by Gasteiger charge is 2.36. The van der Waals surface area contributed by atoms with Crippen LogP contribution < -0.4 is 5.32 Å². The molecule has 1 aliphatic carbocycles. The minimum Gasteiger partial charge on any atom is -0.394 e. The van der Waals surface area contributed by atoms with Crippen molar-refractivity contribution in [1.82, 2.24) is 4.98 Å². The fourth-order valence-corrected chi connectivity index (χ4v) is 3.02. The predicted octanol–water partition coefficient (Wildman–Crippen LogP) is 3.00. The van der Waals surface area contributed by atoms with Crippen LogP contribution in [-0.2, 0) is 0 Å². The lowest BCUT2D eigenvalue weighted by molar-refractivity contribution is -0.384. The number of halogens is 1. The van der Waals surface area contributed by atoms with Crippen LogP contribution in [0.1, 0.15) is 32.6 Å². The fraction of sp³-hybridized carbons (Fsp3) is 0.615. The van der Waals surface area contributed by atoms with Gasteiger partial charge >= 0.3 is 5.69 Å². The number of nitro groups is 1. The van der Waals surface area contributed by atoms with E-state index in [9.17, 15) is 15.2 Å². The summed E-state index contributed by atoms with van der Waals surface area (Å²) in [5.41, 5.74) is -0.702. The van der Waals surface area contributed by atoms with E-state index >= 15 is 0 Å². The van der Waals surface area contributed by atoms with Crippen LogP contribution >= 0.6 is 11.6 Å². The lowest BCUT2D eigenvalue weighted by Crippen LogP contribution is -2.46. The van der Waals surface area contributed by atoms with E-state index in [1.54, 1.807) is 0 Å². The maximum atomic E-state index is 11.1. The normalized spacial score (nSPS) is 26.2. The molecule has 0 bridgehead atoms. The van der Waals surface area contributed by atoms with Gasteiger partial charge in [-0.25, -0.2) is 4.98 Å². The Morgan fingerprint density at radius 3 is 3.05 bits per heavy atom. The van der Waals surface area contributed by atoms with Crippen LogP contribution in [0.15, 0.2) is 12.3 Å². The molecular formula is C13H18ClN3O3. The van der Waals surface area contributed by atoms with Crippen molar-refractivity contribution in [3.05, 3.63) is 27.4 Å². The Hall–Kier alpha value is -1.40. The summed E-state index contributed by atoms with van der Waals surface area (Å²) in [6.07, 6.45) is 5.00. The third-order valence-electron chi connectivity index (χ3n) is 3.81. The second-order valence-electron chi connectivity index (χ2n) is 5.54. The molecule has 2 rings (SSSR count). The monoisotopic (exact) mass is 299 g/mol. The van der Waals surface area contributed by atoms with E-state index in [1.165, 1.54) is 12.3 Å². The number of pyridine rings is 1. The van der Waals surface area contributed by atoms with E-state index < -0.39 is 10.5 Å². The van der Waals surface area contributed by atoms with Gasteiger partial charge in [0.05, 0.1) is 22.1 Å². The zero-order valence-electron chi connectivity index (χ0n) is 11.3. The van der Waals surface area contributed by atoms with Gasteiger partial charge in [-0.3, -0.25) is 10.1 Å². The van der Waals surface area contributed by atoms with Crippen LogP contribution in [0.2, 0.25) is 5.02 Å². The molecule has 20 heavy (non-hydrogen) atoms. The van der Waals surface area contributed by atoms with E-state index in [-0.39, 0.29) is 23.1 Å². The molecule has 1 aliphatic rings. The molecular weight excluding hydrogens is 282 g/mol. The quantitative estimate of drug-likeness (QED) is 0.659. The molecule has 6 nitrogen and oxygen atoms in total. The van der Waals surface area contributed by atoms with Gasteiger partial charge in [-0.05, 0) is 18.8 Å². The summed E-state index contributed by atoms with van der Waals surface area (Å²) >= 11 is 5.75. The van der Waals surface area contributed by atoms with Crippen molar-refractivity contribution >= 4 is 23.1 Å². The number of hydrogen-bond acceptors (Lipinski definition) is 5. The third kappa shape index (κ3) is 3.19. The highest BCUT2D eigenvalue weighted by Crippen LogP contribution is 2.36. The molecule has 1 fully saturated rings. The number of anilines is 1. The lowest BCUT2D eigenvalue weighted by atomic mass is 9.77. The first kappa shape index (κ1) is 15.0. The van der Waals surface area contributed by atoms with Crippen LogP contribution in [0.4, 0.5) is 11.5 Å². The second kappa shape index (κ2) is 5.93. The Kier molecular flexibility index (Phi) is 4.45. The van der Waals surface area contributed by atoms with Crippen LogP contribution in [-0.4, -0.2) is 27.2 Å². The fourth-order valence-electron chi connectivity index (χ4n) is 2.87. The Morgan fingerprint density at radius 2 is 2.45 bits per heavy atom. The first-order valence-corrected chi connectivity index (χ1v) is 7.02. The molecule has 1 heterocycles. The molecule has 0 saturated heterocycles. The first-order valence-electron chi connectivity index (χ1n) is 6.65. The minimum atomic E-state index is -0.538. The maximum Gasteiger partial charge on any atom is 0.312 e. The topological polar surface area (TPSA) is 88.3 Å². The Labute approximate surface area is 122 Å². The average Bonchev–Trinajstić information content (AvgIpc) is 2.40. The molecule has 110 valence electrons. The summed E-state index contributed by atoms with van der Waals surface area (Å²) in [6.45, 7) is 2.05. The Bertz CT molecular complexity index is 512. The molecule has 1 saturated carbocycles. The molecule has 2 unspecified atom stereocenters. The number of nitrogens with one attached hydrogen (secondary N) is 1. The molecule has 7 heteroatoms. The van der Waals surface area contributed by atoms with Crippen molar-refractivity contribution in [2.24, 2.45) is 5.92 Å². The minimum absolute atomic E-state index is 0.0706. The maximum absolute atomic E-state index is 11.1. The van der Waals surface area contributed by atoms with E-state index in [1.807, 2.05) is 0 Å². The largest absolute Gasteiger partial charge is 0.394 e. The highest BCUT2D eigenvalue weighted by atomic mass is 35.5. The standard InChI is InChI=1S/C13H18ClN3O3/c1-9-3-2-4-13(6-9,8-18)16-12-11(17(19)20)5-10(14)7-15-12/h5,7,9,18H,2-4,6,8H2,1H3,(H,15,16). The predicted molar refractivity (Wildman–Crippen MR) is 77.0 cm³/mol. The van der Waals surface area contributed by atoms with Crippen LogP contribution in [0.25, 0.3) is 0 Å². The number of hydrogen-bond donors (Lipinski definition) is 2. The molecule has 2 N–H and O–H groups in total. The van der Waals surface area contributed by atoms with Gasteiger partial charge in [0.1, 0.15) is 0 Å². The summed E-state index contributed by atoms with van der Waals surface area (Å²) in [5.74, 6) is 0.636. The van der Waals surface area contributed by atoms with Crippen LogP contribution in [0.3, 0.4) is 0 Å². The molecule has 0 aromatic carbocycles. The SMILES string of the molecule is CC1CCCC(CO)(Nc2ncc(Cl)cc2[N+](=O)[O-])C1. The zero-order chi connectivity index (χ0) is 14.8. The number of nitrogens with zero attached hydrogens (tertiary/aromatic N) is 2. The van der Waals surface area contributed by atoms with Crippen LogP contribution in [0, 0.1) is 16.0 Å². The Morgan fingerprint density at radius 1 is 1.70 bits per heavy atom. The van der Waals surface area contributed by atoms with Gasteiger partial charge in [0, 0.05) is 12.3 Å². The average molecular weight is 300 g/mol. The number of aromatic nitrogens is 1. The van der Waals surface area contributed by atoms with E-state index in [0.29, 0.717) is 5.92 Å². The summed E-state index contributed by atoms with van der Waals surface area (Å²) in [7, 11) is 0. The molecule has 1 aromatic rings. The van der Waals surface area contributed by atoms with E-state index in [2.05, 4.69) is 17.2 Å². The summed E-state index contributed by atoms with van der Waals surface area (Å²) < 4.78 is 0. The van der Waals surface area contributed by atoms with Gasteiger partial charge in [0.15, 0.2) is 0 Å². The van der Waals surface area contributed by atoms with Gasteiger partial charge in [0.2, 0.25) is 5.82 Å². The van der Waals surface area contributed by atoms with Crippen molar-refractivity contribution in [1.29, 1.82) is 0 Å². The van der Waals surface area contributed by atoms with Gasteiger partial charge in [-0.2, -0.15) is 0 Å². The number of aliphatic hydroxyl groups is 1. The van der Waals surface area contributed by atoms with Gasteiger partial charge in [0.25, 0.3) is 0 Å². The number of rotatable bonds is 4. The van der Waals surface area contributed by atoms with Crippen LogP contribution in [0.5, 0.6) is 0 Å². The first-order chi connectivity index (χ1) is 9.46. The van der Waals surface area contributed by atoms with Gasteiger partial charge < -0.3 is 10.4 Å². The summed E-state index contributed by atoms with van der Waals surface area (Å²) in [4.78, 5) is 14.6. The smallest absolute Gasteiger partial charge is 0.312 e. The van der Waals surface area contributed by atoms with Crippen molar-refractivity contribution in [2.45, 2.75) is 38.1 Å². The highest BCUT2D eigenvalue weighted by molar-refractivity contribution is 6.30. The number of aliphatic hydroxyl groups excluding tert-OH is 1. The molecule has 2 atom stereocenters. The molecule has 0 amide bonds. The molecule has 1 aromatic heterocycles. The summed E-state index contributed by atoms with van der Waals surface area (Å²) in [6, 6.07) is 1.27. The van der Waals surface area contributed by atoms with Crippen molar-refractivity contribution in [3.63, 3.8) is 0 Å². The zero-order valence-corrected chi connectivity index (χ0v) is 12.1. The molecule has 0 radical (unpaired) electrons. The van der Waals surface area contributed by atoms with Gasteiger partial charge in [-0.15, -0.1) is 0 Å². The van der Waals surface area contributed by atoms with E-state index in [4.69, 9.17) is 11.6 Å². The Balaban J connectivity index is 2.30.